The summed E-state index contributed by atoms with van der Waals surface area (Å²) in [4.78, 5) is 28.4. The zero-order valence-electron chi connectivity index (χ0n) is 9.97. The van der Waals surface area contributed by atoms with Crippen LogP contribution in [0.15, 0.2) is 23.3 Å². The Morgan fingerprint density at radius 3 is 3.00 bits per heavy atom. The number of amides is 1. The van der Waals surface area contributed by atoms with Crippen molar-refractivity contribution in [1.29, 1.82) is 0 Å². The average molecular weight is 263 g/mol. The minimum Gasteiger partial charge on any atom is -0.448 e. The number of anilines is 2. The van der Waals surface area contributed by atoms with Gasteiger partial charge in [-0.25, -0.2) is 9.78 Å². The Morgan fingerprint density at radius 1 is 1.47 bits per heavy atom. The van der Waals surface area contributed by atoms with Crippen LogP contribution < -0.4 is 22.3 Å². The topological polar surface area (TPSA) is 136 Å². The predicted molar refractivity (Wildman–Crippen MR) is 70.8 cm³/mol. The van der Waals surface area contributed by atoms with E-state index >= 15 is 0 Å². The molecule has 0 radical (unpaired) electrons. The van der Waals surface area contributed by atoms with E-state index in [-0.39, 0.29) is 12.2 Å². The lowest BCUT2D eigenvalue weighted by Crippen LogP contribution is -2.18. The minimum absolute atomic E-state index is 0.121. The molecule has 0 saturated heterocycles. The number of nitrogens with two attached hydrogens (primary N) is 2. The highest BCUT2D eigenvalue weighted by Crippen LogP contribution is 2.22. The third-order valence-corrected chi connectivity index (χ3v) is 2.47. The fourth-order valence-electron chi connectivity index (χ4n) is 1.62. The third kappa shape index (κ3) is 2.92. The highest BCUT2D eigenvalue weighted by Gasteiger charge is 2.05. The maximum Gasteiger partial charge on any atom is 0.404 e. The number of hydrogen-bond donors (Lipinski definition) is 4. The molecule has 6 N–H and O–H groups in total. The van der Waals surface area contributed by atoms with Crippen LogP contribution in [0.4, 0.5) is 16.2 Å². The minimum atomic E-state index is -0.832. The number of benzene rings is 1. The van der Waals surface area contributed by atoms with Crippen molar-refractivity contribution in [2.45, 2.75) is 0 Å². The van der Waals surface area contributed by atoms with Gasteiger partial charge >= 0.3 is 6.09 Å². The number of carbonyl (C=O) groups is 1. The number of rotatable bonds is 4. The van der Waals surface area contributed by atoms with Gasteiger partial charge in [-0.15, -0.1) is 0 Å². The van der Waals surface area contributed by atoms with Crippen LogP contribution in [0.5, 0.6) is 0 Å². The van der Waals surface area contributed by atoms with Crippen molar-refractivity contribution in [3.63, 3.8) is 0 Å². The third-order valence-electron chi connectivity index (χ3n) is 2.47. The number of carbonyl (C=O) groups excluding carboxylic acids is 1. The molecule has 0 spiro atoms. The van der Waals surface area contributed by atoms with Gasteiger partial charge in [0.2, 0.25) is 0 Å². The van der Waals surface area contributed by atoms with Gasteiger partial charge in [-0.3, -0.25) is 4.79 Å². The first-order valence-electron chi connectivity index (χ1n) is 5.51. The molecule has 0 aliphatic heterocycles. The van der Waals surface area contributed by atoms with Crippen LogP contribution in [0.2, 0.25) is 0 Å². The molecule has 8 nitrogen and oxygen atoms in total. The zero-order valence-corrected chi connectivity index (χ0v) is 9.97. The summed E-state index contributed by atoms with van der Waals surface area (Å²) in [6, 6.07) is 3.20. The number of fused-ring (bicyclic) bond motifs is 1. The van der Waals surface area contributed by atoms with Gasteiger partial charge in [0.25, 0.3) is 5.56 Å². The Morgan fingerprint density at radius 2 is 2.26 bits per heavy atom. The van der Waals surface area contributed by atoms with Crippen LogP contribution in [0.3, 0.4) is 0 Å². The molecular formula is C11H13N5O3. The maximum atomic E-state index is 11.5. The molecule has 1 heterocycles. The molecule has 0 saturated carbocycles. The van der Waals surface area contributed by atoms with E-state index in [4.69, 9.17) is 11.5 Å². The van der Waals surface area contributed by atoms with Crippen molar-refractivity contribution < 1.29 is 9.53 Å². The molecule has 2 rings (SSSR count). The molecule has 0 fully saturated rings. The van der Waals surface area contributed by atoms with Crippen molar-refractivity contribution >= 4 is 28.4 Å². The lowest BCUT2D eigenvalue weighted by Gasteiger charge is -2.10. The highest BCUT2D eigenvalue weighted by molar-refractivity contribution is 5.88. The summed E-state index contributed by atoms with van der Waals surface area (Å²) in [6.07, 6.45) is 0.488. The van der Waals surface area contributed by atoms with Crippen LogP contribution in [-0.2, 0) is 4.74 Å². The van der Waals surface area contributed by atoms with Gasteiger partial charge in [0.1, 0.15) is 6.61 Å². The molecule has 0 aliphatic rings. The average Bonchev–Trinajstić information content (AvgIpc) is 2.36. The smallest absolute Gasteiger partial charge is 0.404 e. The standard InChI is InChI=1S/C11H13N5O3/c12-7-3-6-8(15-5-16-10(6)17)4-9(7)14-1-2-19-11(13)18/h3-5,14H,1-2,12H2,(H2,13,18)(H,15,16,17). The fraction of sp³-hybridized carbons (Fsp3) is 0.182. The van der Waals surface area contributed by atoms with Crippen molar-refractivity contribution in [2.75, 3.05) is 24.2 Å². The Kier molecular flexibility index (Phi) is 3.51. The van der Waals surface area contributed by atoms with Crippen LogP contribution in [-0.4, -0.2) is 29.2 Å². The number of nitrogens with zero attached hydrogens (tertiary/aromatic N) is 1. The van der Waals surface area contributed by atoms with Gasteiger partial charge in [-0.1, -0.05) is 0 Å². The van der Waals surface area contributed by atoms with Gasteiger partial charge in [0.05, 0.1) is 28.6 Å². The number of nitrogen functional groups attached to an aromatic ring is 1. The number of H-pyrrole nitrogens is 1. The first kappa shape index (κ1) is 12.7. The van der Waals surface area contributed by atoms with E-state index in [0.717, 1.165) is 0 Å². The lowest BCUT2D eigenvalue weighted by molar-refractivity contribution is 0.161. The SMILES string of the molecule is NC(=O)OCCNc1cc2nc[nH]c(=O)c2cc1N. The molecule has 19 heavy (non-hydrogen) atoms. The summed E-state index contributed by atoms with van der Waals surface area (Å²) < 4.78 is 4.57. The fourth-order valence-corrected chi connectivity index (χ4v) is 1.62. The van der Waals surface area contributed by atoms with E-state index in [9.17, 15) is 9.59 Å². The molecule has 1 aromatic carbocycles. The molecule has 1 amide bonds. The molecular weight excluding hydrogens is 250 g/mol. The largest absolute Gasteiger partial charge is 0.448 e. The second-order valence-electron chi connectivity index (χ2n) is 3.78. The van der Waals surface area contributed by atoms with E-state index < -0.39 is 6.09 Å². The van der Waals surface area contributed by atoms with Gasteiger partial charge in [0.15, 0.2) is 0 Å². The van der Waals surface area contributed by atoms with Gasteiger partial charge < -0.3 is 26.5 Å². The normalized spacial score (nSPS) is 10.3. The first-order chi connectivity index (χ1) is 9.08. The molecule has 0 aliphatic carbocycles. The Labute approximate surface area is 107 Å². The predicted octanol–water partition coefficient (Wildman–Crippen LogP) is 0.0125. The van der Waals surface area contributed by atoms with Crippen molar-refractivity contribution in [1.82, 2.24) is 9.97 Å². The molecule has 0 bridgehead atoms. The summed E-state index contributed by atoms with van der Waals surface area (Å²) in [5, 5.41) is 3.39. The van der Waals surface area contributed by atoms with Gasteiger partial charge in [-0.05, 0) is 12.1 Å². The number of hydrogen-bond acceptors (Lipinski definition) is 6. The number of ether oxygens (including phenoxy) is 1. The van der Waals surface area contributed by atoms with E-state index in [1.807, 2.05) is 0 Å². The summed E-state index contributed by atoms with van der Waals surface area (Å²) in [5.41, 5.74) is 11.9. The summed E-state index contributed by atoms with van der Waals surface area (Å²) in [5.74, 6) is 0. The van der Waals surface area contributed by atoms with Crippen molar-refractivity contribution in [3.8, 4) is 0 Å². The highest BCUT2D eigenvalue weighted by atomic mass is 16.5. The monoisotopic (exact) mass is 263 g/mol. The number of nitrogens with one attached hydrogen (secondary N) is 2. The maximum absolute atomic E-state index is 11.5. The number of aromatic nitrogens is 2. The summed E-state index contributed by atoms with van der Waals surface area (Å²) in [7, 11) is 0. The zero-order chi connectivity index (χ0) is 13.8. The Bertz CT molecular complexity index is 667. The van der Waals surface area contributed by atoms with E-state index in [1.165, 1.54) is 6.33 Å². The molecule has 2 aromatic rings. The van der Waals surface area contributed by atoms with Crippen LogP contribution in [0.25, 0.3) is 10.9 Å². The second kappa shape index (κ2) is 5.25. The van der Waals surface area contributed by atoms with Crippen LogP contribution in [0.1, 0.15) is 0 Å². The summed E-state index contributed by atoms with van der Waals surface area (Å²) >= 11 is 0. The second-order valence-corrected chi connectivity index (χ2v) is 3.78. The van der Waals surface area contributed by atoms with E-state index in [1.54, 1.807) is 12.1 Å². The first-order valence-corrected chi connectivity index (χ1v) is 5.51. The quantitative estimate of drug-likeness (QED) is 0.453. The number of primary amides is 1. The van der Waals surface area contributed by atoms with E-state index in [2.05, 4.69) is 20.0 Å². The summed E-state index contributed by atoms with van der Waals surface area (Å²) in [6.45, 7) is 0.470. The molecule has 0 atom stereocenters. The molecule has 100 valence electrons. The van der Waals surface area contributed by atoms with Crippen molar-refractivity contribution in [3.05, 3.63) is 28.8 Å². The lowest BCUT2D eigenvalue weighted by atomic mass is 10.2. The number of aromatic amines is 1. The van der Waals surface area contributed by atoms with Gasteiger partial charge in [-0.2, -0.15) is 0 Å². The molecule has 8 heteroatoms. The molecule has 0 unspecified atom stereocenters. The Balaban J connectivity index is 2.17. The van der Waals surface area contributed by atoms with E-state index in [0.29, 0.717) is 28.8 Å². The Hall–Kier alpha value is -2.77. The van der Waals surface area contributed by atoms with Crippen LogP contribution in [0, 0.1) is 0 Å². The van der Waals surface area contributed by atoms with Gasteiger partial charge in [0, 0.05) is 6.54 Å². The van der Waals surface area contributed by atoms with Crippen molar-refractivity contribution in [2.24, 2.45) is 5.73 Å². The van der Waals surface area contributed by atoms with Crippen LogP contribution >= 0.6 is 0 Å². The molecule has 1 aromatic heterocycles.